The van der Waals surface area contributed by atoms with Crippen molar-refractivity contribution in [3.05, 3.63) is 46.7 Å². The van der Waals surface area contributed by atoms with Crippen LogP contribution in [0.3, 0.4) is 0 Å². The van der Waals surface area contributed by atoms with Gasteiger partial charge in [-0.1, -0.05) is 11.6 Å². The first-order valence-electron chi connectivity index (χ1n) is 6.31. The van der Waals surface area contributed by atoms with E-state index in [0.29, 0.717) is 11.0 Å². The Balaban J connectivity index is 2.34. The minimum Gasteiger partial charge on any atom is -0.376 e. The van der Waals surface area contributed by atoms with E-state index in [1.807, 2.05) is 32.0 Å². The predicted octanol–water partition coefficient (Wildman–Crippen LogP) is 3.32. The Morgan fingerprint density at radius 1 is 1.25 bits per heavy atom. The van der Waals surface area contributed by atoms with Crippen LogP contribution in [0.4, 0.5) is 0 Å². The van der Waals surface area contributed by atoms with Gasteiger partial charge in [0, 0.05) is 6.20 Å². The first-order valence-corrected chi connectivity index (χ1v) is 6.69. The third kappa shape index (κ3) is 1.97. The molecular formula is C15H14ClN3O. The summed E-state index contributed by atoms with van der Waals surface area (Å²) in [5.74, 6) is 0.630. The number of hydrogen-bond acceptors (Lipinski definition) is 3. The number of aryl methyl sites for hydroxylation is 2. The molecule has 0 saturated heterocycles. The summed E-state index contributed by atoms with van der Waals surface area (Å²) in [6.45, 7) is 3.93. The Morgan fingerprint density at radius 2 is 2.00 bits per heavy atom. The van der Waals surface area contributed by atoms with Crippen molar-refractivity contribution in [2.45, 2.75) is 20.6 Å². The Bertz CT molecular complexity index is 795. The summed E-state index contributed by atoms with van der Waals surface area (Å²) in [7, 11) is 0. The highest BCUT2D eigenvalue weighted by atomic mass is 35.5. The van der Waals surface area contributed by atoms with E-state index in [1.165, 1.54) is 5.56 Å². The normalized spacial score (nSPS) is 11.2. The van der Waals surface area contributed by atoms with Crippen LogP contribution < -0.4 is 0 Å². The molecule has 0 radical (unpaired) electrons. The van der Waals surface area contributed by atoms with Gasteiger partial charge in [0.2, 0.25) is 0 Å². The average molecular weight is 288 g/mol. The van der Waals surface area contributed by atoms with Crippen LogP contribution in [0.2, 0.25) is 5.15 Å². The fourth-order valence-electron chi connectivity index (χ4n) is 2.28. The zero-order chi connectivity index (χ0) is 14.3. The molecule has 20 heavy (non-hydrogen) atoms. The fraction of sp³-hybridized carbons (Fsp3) is 0.200. The van der Waals surface area contributed by atoms with E-state index in [-0.39, 0.29) is 6.73 Å². The highest BCUT2D eigenvalue weighted by Crippen LogP contribution is 2.29. The second kappa shape index (κ2) is 4.89. The van der Waals surface area contributed by atoms with Crippen LogP contribution >= 0.6 is 11.6 Å². The van der Waals surface area contributed by atoms with E-state index in [2.05, 4.69) is 9.97 Å². The van der Waals surface area contributed by atoms with Crippen LogP contribution in [0, 0.1) is 13.8 Å². The molecule has 3 rings (SSSR count). The van der Waals surface area contributed by atoms with Gasteiger partial charge >= 0.3 is 0 Å². The van der Waals surface area contributed by atoms with Crippen molar-refractivity contribution in [1.29, 1.82) is 0 Å². The van der Waals surface area contributed by atoms with Gasteiger partial charge in [-0.3, -0.25) is 4.57 Å². The fourth-order valence-corrected chi connectivity index (χ4v) is 2.49. The molecule has 0 aliphatic heterocycles. The number of aromatic nitrogens is 3. The van der Waals surface area contributed by atoms with Crippen LogP contribution in [0.15, 0.2) is 30.5 Å². The summed E-state index contributed by atoms with van der Waals surface area (Å²) < 4.78 is 1.74. The smallest absolute Gasteiger partial charge is 0.146 e. The number of pyridine rings is 1. The number of imidazole rings is 1. The van der Waals surface area contributed by atoms with Gasteiger partial charge in [0.1, 0.15) is 17.7 Å². The summed E-state index contributed by atoms with van der Waals surface area (Å²) in [5, 5.41) is 10.1. The predicted molar refractivity (Wildman–Crippen MR) is 79.7 cm³/mol. The molecule has 0 aliphatic carbocycles. The number of nitrogens with zero attached hydrogens (tertiary/aromatic N) is 3. The molecule has 0 saturated carbocycles. The Labute approximate surface area is 121 Å². The van der Waals surface area contributed by atoms with Crippen molar-refractivity contribution in [3.63, 3.8) is 0 Å². The van der Waals surface area contributed by atoms with Crippen molar-refractivity contribution in [1.82, 2.24) is 14.5 Å². The average Bonchev–Trinajstić information content (AvgIpc) is 2.77. The number of aliphatic hydroxyl groups is 1. The Morgan fingerprint density at radius 3 is 2.70 bits per heavy atom. The first kappa shape index (κ1) is 13.1. The zero-order valence-corrected chi connectivity index (χ0v) is 12.0. The summed E-state index contributed by atoms with van der Waals surface area (Å²) in [5.41, 5.74) is 4.79. The lowest BCUT2D eigenvalue weighted by Gasteiger charge is -2.07. The van der Waals surface area contributed by atoms with E-state index >= 15 is 0 Å². The maximum absolute atomic E-state index is 9.68. The maximum atomic E-state index is 9.68. The molecule has 5 heteroatoms. The topological polar surface area (TPSA) is 50.9 Å². The van der Waals surface area contributed by atoms with Gasteiger partial charge in [-0.05, 0) is 49.2 Å². The number of fused-ring (bicyclic) bond motifs is 1. The molecule has 1 aromatic carbocycles. The number of rotatable bonds is 2. The number of aliphatic hydroxyl groups excluding tert-OH is 1. The summed E-state index contributed by atoms with van der Waals surface area (Å²) in [6.07, 6.45) is 1.63. The van der Waals surface area contributed by atoms with Gasteiger partial charge in [-0.2, -0.15) is 0 Å². The lowest BCUT2D eigenvalue weighted by molar-refractivity contribution is 0.216. The minimum atomic E-state index is -0.153. The van der Waals surface area contributed by atoms with Crippen LogP contribution in [0.5, 0.6) is 0 Å². The van der Waals surface area contributed by atoms with Gasteiger partial charge in [0.15, 0.2) is 0 Å². The molecule has 2 aromatic heterocycles. The van der Waals surface area contributed by atoms with Gasteiger partial charge in [0.25, 0.3) is 0 Å². The van der Waals surface area contributed by atoms with Crippen molar-refractivity contribution in [3.8, 4) is 11.4 Å². The van der Waals surface area contributed by atoms with Crippen molar-refractivity contribution < 1.29 is 5.11 Å². The van der Waals surface area contributed by atoms with E-state index in [4.69, 9.17) is 11.6 Å². The molecule has 102 valence electrons. The van der Waals surface area contributed by atoms with Gasteiger partial charge in [0.05, 0.1) is 16.6 Å². The lowest BCUT2D eigenvalue weighted by atomic mass is 10.1. The van der Waals surface area contributed by atoms with Crippen LogP contribution in [0.25, 0.3) is 22.4 Å². The van der Waals surface area contributed by atoms with Gasteiger partial charge < -0.3 is 5.11 Å². The SMILES string of the molecule is Cc1cc2nc(-c3cccnc3Cl)n(CO)c2cc1C. The molecule has 0 unspecified atom stereocenters. The number of hydrogen-bond donors (Lipinski definition) is 1. The lowest BCUT2D eigenvalue weighted by Crippen LogP contribution is -2.00. The third-order valence-corrected chi connectivity index (χ3v) is 3.81. The molecule has 0 bridgehead atoms. The largest absolute Gasteiger partial charge is 0.376 e. The van der Waals surface area contributed by atoms with E-state index < -0.39 is 0 Å². The van der Waals surface area contributed by atoms with Crippen LogP contribution in [-0.4, -0.2) is 19.6 Å². The monoisotopic (exact) mass is 287 g/mol. The zero-order valence-electron chi connectivity index (χ0n) is 11.3. The molecular weight excluding hydrogens is 274 g/mol. The number of halogens is 1. The maximum Gasteiger partial charge on any atom is 0.146 e. The summed E-state index contributed by atoms with van der Waals surface area (Å²) in [6, 6.07) is 7.70. The Hall–Kier alpha value is -1.91. The minimum absolute atomic E-state index is 0.153. The van der Waals surface area contributed by atoms with Crippen LogP contribution in [0.1, 0.15) is 11.1 Å². The molecule has 0 amide bonds. The molecule has 3 aromatic rings. The second-order valence-electron chi connectivity index (χ2n) is 4.77. The van der Waals surface area contributed by atoms with Crippen molar-refractivity contribution in [2.24, 2.45) is 0 Å². The molecule has 2 heterocycles. The third-order valence-electron chi connectivity index (χ3n) is 3.51. The van der Waals surface area contributed by atoms with E-state index in [1.54, 1.807) is 16.8 Å². The first-order chi connectivity index (χ1) is 9.61. The Kier molecular flexibility index (Phi) is 3.20. The van der Waals surface area contributed by atoms with Gasteiger partial charge in [-0.25, -0.2) is 9.97 Å². The van der Waals surface area contributed by atoms with E-state index in [9.17, 15) is 5.11 Å². The quantitative estimate of drug-likeness (QED) is 0.736. The van der Waals surface area contributed by atoms with Crippen LogP contribution in [-0.2, 0) is 6.73 Å². The standard InChI is InChI=1S/C15H14ClN3O/c1-9-6-12-13(7-10(9)2)19(8-20)15(18-12)11-4-3-5-17-14(11)16/h3-7,20H,8H2,1-2H3. The number of benzene rings is 1. The highest BCUT2D eigenvalue weighted by Gasteiger charge is 2.15. The molecule has 0 aliphatic rings. The van der Waals surface area contributed by atoms with Crippen molar-refractivity contribution in [2.75, 3.05) is 0 Å². The van der Waals surface area contributed by atoms with Gasteiger partial charge in [-0.15, -0.1) is 0 Å². The second-order valence-corrected chi connectivity index (χ2v) is 5.13. The van der Waals surface area contributed by atoms with Crippen molar-refractivity contribution >= 4 is 22.6 Å². The summed E-state index contributed by atoms with van der Waals surface area (Å²) >= 11 is 6.13. The molecule has 0 atom stereocenters. The molecule has 4 nitrogen and oxygen atoms in total. The molecule has 0 fully saturated rings. The molecule has 0 spiro atoms. The summed E-state index contributed by atoms with van der Waals surface area (Å²) in [4.78, 5) is 8.66. The van der Waals surface area contributed by atoms with E-state index in [0.717, 1.165) is 22.2 Å². The highest BCUT2D eigenvalue weighted by molar-refractivity contribution is 6.32. The molecule has 1 N–H and O–H groups in total.